The number of Topliss-reactive ketones (excluding diaryl/α,β-unsaturated/α-hetero) is 1. The van der Waals surface area contributed by atoms with Crippen LogP contribution in [0.5, 0.6) is 5.75 Å². The summed E-state index contributed by atoms with van der Waals surface area (Å²) in [5, 5.41) is 11.0. The molecule has 1 N–H and O–H groups in total. The van der Waals surface area contributed by atoms with Gasteiger partial charge in [-0.15, -0.1) is 0 Å². The number of methoxy groups -OCH3 is 1. The van der Waals surface area contributed by atoms with Gasteiger partial charge in [-0.25, -0.2) is 0 Å². The molecule has 0 radical (unpaired) electrons. The van der Waals surface area contributed by atoms with E-state index in [0.29, 0.717) is 29.8 Å². The number of aliphatic hydroxyl groups is 1. The number of nitrogens with zero attached hydrogens (tertiary/aromatic N) is 1. The van der Waals surface area contributed by atoms with Crippen molar-refractivity contribution >= 4 is 11.7 Å². The molecule has 0 saturated carbocycles. The molecule has 0 unspecified atom stereocenters. The van der Waals surface area contributed by atoms with E-state index in [2.05, 4.69) is 0 Å². The number of ketones is 1. The van der Waals surface area contributed by atoms with E-state index in [1.165, 1.54) is 0 Å². The summed E-state index contributed by atoms with van der Waals surface area (Å²) in [6, 6.07) is 12.2. The SMILES string of the molecule is COc1cccc([C@H](O)[C@H]2CC(=O)CCN2C(=O)c2cc(C)cc(C)c2)c1. The van der Waals surface area contributed by atoms with Gasteiger partial charge < -0.3 is 14.7 Å². The zero-order chi connectivity index (χ0) is 19.6. The molecule has 2 atom stereocenters. The van der Waals surface area contributed by atoms with E-state index in [1.54, 1.807) is 36.3 Å². The van der Waals surface area contributed by atoms with Gasteiger partial charge in [0, 0.05) is 24.9 Å². The zero-order valence-corrected chi connectivity index (χ0v) is 15.9. The highest BCUT2D eigenvalue weighted by Crippen LogP contribution is 2.30. The van der Waals surface area contributed by atoms with Gasteiger partial charge in [0.1, 0.15) is 11.5 Å². The topological polar surface area (TPSA) is 66.8 Å². The summed E-state index contributed by atoms with van der Waals surface area (Å²) in [6.45, 7) is 4.22. The lowest BCUT2D eigenvalue weighted by Crippen LogP contribution is -2.49. The average molecular weight is 367 g/mol. The molecule has 0 aliphatic carbocycles. The first-order chi connectivity index (χ1) is 12.9. The number of benzene rings is 2. The van der Waals surface area contributed by atoms with Crippen LogP contribution in [0.15, 0.2) is 42.5 Å². The van der Waals surface area contributed by atoms with Crippen LogP contribution >= 0.6 is 0 Å². The molecule has 142 valence electrons. The standard InChI is InChI=1S/C22H25NO4/c1-14-9-15(2)11-17(10-14)22(26)23-8-7-18(24)13-20(23)21(25)16-5-4-6-19(12-16)27-3/h4-6,9-12,20-21,25H,7-8,13H2,1-3H3/t20-,21+/m1/s1. The number of aryl methyl sites for hydroxylation is 2. The van der Waals surface area contributed by atoms with E-state index in [1.807, 2.05) is 32.0 Å². The molecule has 1 heterocycles. The van der Waals surface area contributed by atoms with Crippen molar-refractivity contribution in [3.05, 3.63) is 64.7 Å². The van der Waals surface area contributed by atoms with E-state index in [4.69, 9.17) is 4.74 Å². The Bertz CT molecular complexity index is 841. The molecule has 2 aromatic rings. The molecule has 0 aromatic heterocycles. The van der Waals surface area contributed by atoms with E-state index in [0.717, 1.165) is 11.1 Å². The number of aliphatic hydroxyl groups excluding tert-OH is 1. The third-order valence-electron chi connectivity index (χ3n) is 5.00. The number of piperidine rings is 1. The van der Waals surface area contributed by atoms with Gasteiger partial charge in [-0.05, 0) is 43.7 Å². The highest BCUT2D eigenvalue weighted by molar-refractivity contribution is 5.96. The molecule has 1 saturated heterocycles. The Morgan fingerprint density at radius 1 is 1.19 bits per heavy atom. The van der Waals surface area contributed by atoms with Gasteiger partial charge >= 0.3 is 0 Å². The van der Waals surface area contributed by atoms with Crippen LogP contribution in [-0.4, -0.2) is 41.4 Å². The number of hydrogen-bond acceptors (Lipinski definition) is 4. The fourth-order valence-electron chi connectivity index (χ4n) is 3.70. The van der Waals surface area contributed by atoms with Gasteiger partial charge in [0.25, 0.3) is 5.91 Å². The molecule has 0 bridgehead atoms. The summed E-state index contributed by atoms with van der Waals surface area (Å²) in [6.07, 6.45) is -0.494. The highest BCUT2D eigenvalue weighted by Gasteiger charge is 2.36. The summed E-state index contributed by atoms with van der Waals surface area (Å²) in [5.74, 6) is 0.536. The first kappa shape index (κ1) is 19.1. The molecule has 1 amide bonds. The van der Waals surface area contributed by atoms with Crippen molar-refractivity contribution in [3.8, 4) is 5.75 Å². The summed E-state index contributed by atoms with van der Waals surface area (Å²) in [4.78, 5) is 26.9. The van der Waals surface area contributed by atoms with Gasteiger partial charge in [0.05, 0.1) is 19.3 Å². The maximum absolute atomic E-state index is 13.2. The van der Waals surface area contributed by atoms with Crippen LogP contribution in [0, 0.1) is 13.8 Å². The zero-order valence-electron chi connectivity index (χ0n) is 15.9. The van der Waals surface area contributed by atoms with Gasteiger partial charge in [-0.2, -0.15) is 0 Å². The van der Waals surface area contributed by atoms with Crippen LogP contribution in [0.25, 0.3) is 0 Å². The Morgan fingerprint density at radius 2 is 1.89 bits per heavy atom. The average Bonchev–Trinajstić information content (AvgIpc) is 2.66. The molecule has 0 spiro atoms. The Balaban J connectivity index is 1.92. The minimum Gasteiger partial charge on any atom is -0.497 e. The van der Waals surface area contributed by atoms with Gasteiger partial charge in [0.2, 0.25) is 0 Å². The lowest BCUT2D eigenvalue weighted by atomic mass is 9.91. The second kappa shape index (κ2) is 7.92. The van der Waals surface area contributed by atoms with Crippen molar-refractivity contribution in [1.29, 1.82) is 0 Å². The minimum absolute atomic E-state index is 0.0615. The molecule has 3 rings (SSSR count). The number of carbonyl (C=O) groups is 2. The number of amides is 1. The summed E-state index contributed by atoms with van der Waals surface area (Å²) in [5.41, 5.74) is 3.24. The fraction of sp³-hybridized carbons (Fsp3) is 0.364. The number of hydrogen-bond donors (Lipinski definition) is 1. The predicted octanol–water partition coefficient (Wildman–Crippen LogP) is 3.22. The second-order valence-corrected chi connectivity index (χ2v) is 7.16. The third kappa shape index (κ3) is 4.19. The smallest absolute Gasteiger partial charge is 0.254 e. The quantitative estimate of drug-likeness (QED) is 0.901. The number of ether oxygens (including phenoxy) is 1. The molecule has 5 heteroatoms. The van der Waals surface area contributed by atoms with Crippen LogP contribution in [0.4, 0.5) is 0 Å². The summed E-state index contributed by atoms with van der Waals surface area (Å²) < 4.78 is 5.22. The normalized spacial score (nSPS) is 18.3. The minimum atomic E-state index is -0.959. The van der Waals surface area contributed by atoms with Gasteiger partial charge in [0.15, 0.2) is 0 Å². The molecular weight excluding hydrogens is 342 g/mol. The molecule has 1 fully saturated rings. The van der Waals surface area contributed by atoms with Crippen LogP contribution in [-0.2, 0) is 4.79 Å². The number of likely N-dealkylation sites (tertiary alicyclic amines) is 1. The van der Waals surface area contributed by atoms with Gasteiger partial charge in [-0.1, -0.05) is 29.3 Å². The van der Waals surface area contributed by atoms with Crippen LogP contribution in [0.2, 0.25) is 0 Å². The van der Waals surface area contributed by atoms with Crippen LogP contribution in [0.1, 0.15) is 46.0 Å². The van der Waals surface area contributed by atoms with Crippen molar-refractivity contribution in [1.82, 2.24) is 4.90 Å². The summed E-state index contributed by atoms with van der Waals surface area (Å²) >= 11 is 0. The van der Waals surface area contributed by atoms with E-state index in [9.17, 15) is 14.7 Å². The van der Waals surface area contributed by atoms with Crippen LogP contribution in [0.3, 0.4) is 0 Å². The Morgan fingerprint density at radius 3 is 2.56 bits per heavy atom. The molecule has 5 nitrogen and oxygen atoms in total. The fourth-order valence-corrected chi connectivity index (χ4v) is 3.70. The number of carbonyl (C=O) groups excluding carboxylic acids is 2. The molecule has 2 aromatic carbocycles. The first-order valence-electron chi connectivity index (χ1n) is 9.12. The van der Waals surface area contributed by atoms with Crippen molar-refractivity contribution < 1.29 is 19.4 Å². The molecule has 27 heavy (non-hydrogen) atoms. The summed E-state index contributed by atoms with van der Waals surface area (Å²) in [7, 11) is 1.56. The third-order valence-corrected chi connectivity index (χ3v) is 5.00. The first-order valence-corrected chi connectivity index (χ1v) is 9.12. The maximum Gasteiger partial charge on any atom is 0.254 e. The van der Waals surface area contributed by atoms with Gasteiger partial charge in [-0.3, -0.25) is 9.59 Å². The second-order valence-electron chi connectivity index (χ2n) is 7.16. The Labute approximate surface area is 159 Å². The Hall–Kier alpha value is -2.66. The van der Waals surface area contributed by atoms with E-state index >= 15 is 0 Å². The molecule has 1 aliphatic rings. The van der Waals surface area contributed by atoms with Crippen molar-refractivity contribution in [2.75, 3.05) is 13.7 Å². The van der Waals surface area contributed by atoms with Crippen molar-refractivity contribution in [2.24, 2.45) is 0 Å². The maximum atomic E-state index is 13.2. The predicted molar refractivity (Wildman–Crippen MR) is 103 cm³/mol. The van der Waals surface area contributed by atoms with Crippen molar-refractivity contribution in [2.45, 2.75) is 38.8 Å². The molecular formula is C22H25NO4. The molecule has 1 aliphatic heterocycles. The Kier molecular flexibility index (Phi) is 5.61. The number of rotatable bonds is 4. The van der Waals surface area contributed by atoms with E-state index < -0.39 is 12.1 Å². The lowest BCUT2D eigenvalue weighted by molar-refractivity contribution is -0.124. The van der Waals surface area contributed by atoms with Crippen LogP contribution < -0.4 is 4.74 Å². The monoisotopic (exact) mass is 367 g/mol. The van der Waals surface area contributed by atoms with Crippen molar-refractivity contribution in [3.63, 3.8) is 0 Å². The van der Waals surface area contributed by atoms with E-state index in [-0.39, 0.29) is 18.1 Å². The largest absolute Gasteiger partial charge is 0.497 e. The highest BCUT2D eigenvalue weighted by atomic mass is 16.5. The lowest BCUT2D eigenvalue weighted by Gasteiger charge is -2.38.